The van der Waals surface area contributed by atoms with Gasteiger partial charge in [-0.2, -0.15) is 0 Å². The number of aromatic nitrogens is 6. The fraction of sp³-hybridized carbons (Fsp3) is 0.550. The molecule has 1 saturated carbocycles. The first-order valence-electron chi connectivity index (χ1n) is 10.6. The van der Waals surface area contributed by atoms with E-state index in [1.807, 2.05) is 4.57 Å². The number of ether oxygens (including phenoxy) is 1. The smallest absolute Gasteiger partial charge is 0.165 e. The van der Waals surface area contributed by atoms with Gasteiger partial charge in [-0.1, -0.05) is 11.6 Å². The van der Waals surface area contributed by atoms with Crippen LogP contribution < -0.4 is 10.2 Å². The van der Waals surface area contributed by atoms with Crippen LogP contribution in [0.2, 0.25) is 5.15 Å². The second-order valence-corrected chi connectivity index (χ2v) is 8.71. The molecule has 4 heterocycles. The van der Waals surface area contributed by atoms with Crippen molar-refractivity contribution in [2.45, 2.75) is 37.1 Å². The molecule has 3 aromatic rings. The average molecular weight is 461 g/mol. The Kier molecular flexibility index (Phi) is 5.80. The minimum atomic E-state index is -0.915. The molecule has 0 radical (unpaired) electrons. The van der Waals surface area contributed by atoms with Crippen LogP contribution in [-0.2, 0) is 4.74 Å². The highest BCUT2D eigenvalue weighted by atomic mass is 35.5. The Morgan fingerprint density at radius 1 is 1.16 bits per heavy atom. The summed E-state index contributed by atoms with van der Waals surface area (Å²) >= 11 is 6.00. The van der Waals surface area contributed by atoms with E-state index in [9.17, 15) is 10.2 Å². The first-order valence-corrected chi connectivity index (χ1v) is 10.9. The third-order valence-corrected chi connectivity index (χ3v) is 6.55. The molecular formula is C20H25ClN8O3. The zero-order valence-corrected chi connectivity index (χ0v) is 18.3. The number of fused-ring (bicyclic) bond motifs is 1. The van der Waals surface area contributed by atoms with E-state index in [0.717, 1.165) is 25.3 Å². The Hall–Kier alpha value is -2.60. The molecule has 2 aliphatic rings. The molecule has 0 bridgehead atoms. The van der Waals surface area contributed by atoms with Crippen LogP contribution in [0.15, 0.2) is 25.0 Å². The number of halogens is 1. The highest BCUT2D eigenvalue weighted by Gasteiger charge is 2.43. The van der Waals surface area contributed by atoms with Gasteiger partial charge >= 0.3 is 0 Å². The lowest BCUT2D eigenvalue weighted by Gasteiger charge is -2.19. The number of nitrogens with one attached hydrogen (secondary N) is 1. The number of nitrogens with zero attached hydrogens (tertiary/aromatic N) is 7. The van der Waals surface area contributed by atoms with Crippen molar-refractivity contribution in [3.63, 3.8) is 0 Å². The van der Waals surface area contributed by atoms with Crippen LogP contribution in [0, 0.1) is 5.92 Å². The predicted octanol–water partition coefficient (Wildman–Crippen LogP) is 0.890. The molecule has 32 heavy (non-hydrogen) atoms. The first kappa shape index (κ1) is 21.3. The summed E-state index contributed by atoms with van der Waals surface area (Å²) in [4.78, 5) is 23.7. The third-order valence-electron chi connectivity index (χ3n) is 6.34. The molecule has 5 atom stereocenters. The monoisotopic (exact) mass is 460 g/mol. The van der Waals surface area contributed by atoms with Gasteiger partial charge in [0.25, 0.3) is 0 Å². The third kappa shape index (κ3) is 3.85. The van der Waals surface area contributed by atoms with Crippen molar-refractivity contribution >= 4 is 34.4 Å². The highest BCUT2D eigenvalue weighted by Crippen LogP contribution is 2.37. The van der Waals surface area contributed by atoms with Crippen molar-refractivity contribution < 1.29 is 14.9 Å². The van der Waals surface area contributed by atoms with Crippen molar-refractivity contribution in [2.75, 3.05) is 37.0 Å². The molecule has 3 aromatic heterocycles. The van der Waals surface area contributed by atoms with E-state index in [1.54, 1.807) is 19.5 Å². The molecule has 11 nitrogen and oxygen atoms in total. The first-order chi connectivity index (χ1) is 15.5. The van der Waals surface area contributed by atoms with E-state index in [2.05, 4.69) is 35.1 Å². The van der Waals surface area contributed by atoms with E-state index >= 15 is 0 Å². The van der Waals surface area contributed by atoms with Gasteiger partial charge in [-0.25, -0.2) is 24.9 Å². The van der Waals surface area contributed by atoms with Crippen LogP contribution in [-0.4, -0.2) is 84.8 Å². The molecule has 0 amide bonds. The van der Waals surface area contributed by atoms with E-state index in [-0.39, 0.29) is 18.0 Å². The van der Waals surface area contributed by atoms with Crippen molar-refractivity contribution in [3.05, 3.63) is 30.2 Å². The maximum absolute atomic E-state index is 10.6. The van der Waals surface area contributed by atoms with E-state index in [1.165, 1.54) is 12.7 Å². The van der Waals surface area contributed by atoms with Crippen molar-refractivity contribution in [1.82, 2.24) is 29.5 Å². The van der Waals surface area contributed by atoms with E-state index in [4.69, 9.17) is 16.3 Å². The fourth-order valence-electron chi connectivity index (χ4n) is 4.73. The highest BCUT2D eigenvalue weighted by molar-refractivity contribution is 6.29. The SMILES string of the molecule is COC[C@H]1C[C@@H](n2cnc3c(N[C@H]4CCN(c5cc(Cl)ncn5)C4)ncnc32)[C@H](O)[C@@H]1O. The van der Waals surface area contributed by atoms with Crippen molar-refractivity contribution in [2.24, 2.45) is 5.92 Å². The zero-order chi connectivity index (χ0) is 22.2. The summed E-state index contributed by atoms with van der Waals surface area (Å²) in [5.74, 6) is 1.30. The number of aliphatic hydroxyl groups is 2. The minimum absolute atomic E-state index is 0.142. The van der Waals surface area contributed by atoms with Gasteiger partial charge in [-0.05, 0) is 12.8 Å². The summed E-state index contributed by atoms with van der Waals surface area (Å²) < 4.78 is 7.02. The van der Waals surface area contributed by atoms with Crippen LogP contribution in [0.25, 0.3) is 11.2 Å². The number of rotatable bonds is 6. The summed E-state index contributed by atoms with van der Waals surface area (Å²) in [7, 11) is 1.59. The summed E-state index contributed by atoms with van der Waals surface area (Å²) in [5, 5.41) is 24.9. The molecule has 12 heteroatoms. The molecular weight excluding hydrogens is 436 g/mol. The van der Waals surface area contributed by atoms with Gasteiger partial charge in [0.1, 0.15) is 35.2 Å². The van der Waals surface area contributed by atoms with Crippen molar-refractivity contribution in [1.29, 1.82) is 0 Å². The topological polar surface area (TPSA) is 134 Å². The van der Waals surface area contributed by atoms with Crippen LogP contribution in [0.4, 0.5) is 11.6 Å². The Labute approximate surface area is 189 Å². The number of hydrogen-bond acceptors (Lipinski definition) is 10. The number of anilines is 2. The second-order valence-electron chi connectivity index (χ2n) is 8.32. The number of hydrogen-bond donors (Lipinski definition) is 3. The molecule has 3 N–H and O–H groups in total. The van der Waals surface area contributed by atoms with Crippen LogP contribution in [0.5, 0.6) is 0 Å². The molecule has 170 valence electrons. The molecule has 1 aliphatic carbocycles. The molecule has 1 saturated heterocycles. The molecule has 0 aromatic carbocycles. The minimum Gasteiger partial charge on any atom is -0.390 e. The van der Waals surface area contributed by atoms with Gasteiger partial charge in [0.05, 0.1) is 25.1 Å². The van der Waals surface area contributed by atoms with Gasteiger partial charge in [-0.3, -0.25) is 0 Å². The lowest BCUT2D eigenvalue weighted by Crippen LogP contribution is -2.30. The normalized spacial score (nSPS) is 28.0. The number of aliphatic hydroxyl groups excluding tert-OH is 2. The summed E-state index contributed by atoms with van der Waals surface area (Å²) in [6, 6.07) is 1.58. The van der Waals surface area contributed by atoms with Gasteiger partial charge in [0.15, 0.2) is 11.5 Å². The van der Waals surface area contributed by atoms with Gasteiger partial charge in [0, 0.05) is 38.2 Å². The number of methoxy groups -OCH3 is 1. The fourth-order valence-corrected chi connectivity index (χ4v) is 4.87. The van der Waals surface area contributed by atoms with Gasteiger partial charge < -0.3 is 29.7 Å². The lowest BCUT2D eigenvalue weighted by molar-refractivity contribution is -0.00886. The average Bonchev–Trinajstić information content (AvgIpc) is 3.49. The molecule has 5 rings (SSSR count). The van der Waals surface area contributed by atoms with Gasteiger partial charge in [-0.15, -0.1) is 0 Å². The summed E-state index contributed by atoms with van der Waals surface area (Å²) in [5.41, 5.74) is 1.25. The van der Waals surface area contributed by atoms with E-state index < -0.39 is 12.2 Å². The maximum Gasteiger partial charge on any atom is 0.165 e. The Morgan fingerprint density at radius 3 is 2.81 bits per heavy atom. The maximum atomic E-state index is 10.6. The quantitative estimate of drug-likeness (QED) is 0.455. The summed E-state index contributed by atoms with van der Waals surface area (Å²) in [6.07, 6.45) is 4.32. The largest absolute Gasteiger partial charge is 0.390 e. The van der Waals surface area contributed by atoms with Crippen LogP contribution in [0.1, 0.15) is 18.9 Å². The second kappa shape index (κ2) is 8.74. The van der Waals surface area contributed by atoms with Crippen LogP contribution in [0.3, 0.4) is 0 Å². The predicted molar refractivity (Wildman–Crippen MR) is 118 cm³/mol. The Morgan fingerprint density at radius 2 is 2.00 bits per heavy atom. The lowest BCUT2D eigenvalue weighted by atomic mass is 10.1. The standard InChI is InChI=1S/C20H25ClN8O3/c1-32-7-11-4-13(18(31)17(11)30)29-10-26-16-19(24-9-25-20(16)29)27-12-2-3-28(6-12)15-5-14(21)22-8-23-15/h5,8-13,17-18,30-31H,2-4,6-7H2,1H3,(H,24,25,27)/t11-,12+,13-,17-,18+/m1/s1. The van der Waals surface area contributed by atoms with Crippen molar-refractivity contribution in [3.8, 4) is 0 Å². The molecule has 2 fully saturated rings. The number of imidazole rings is 1. The Balaban J connectivity index is 1.34. The Bertz CT molecular complexity index is 1100. The molecule has 0 unspecified atom stereocenters. The summed E-state index contributed by atoms with van der Waals surface area (Å²) in [6.45, 7) is 1.96. The molecule has 1 aliphatic heterocycles. The zero-order valence-electron chi connectivity index (χ0n) is 17.5. The van der Waals surface area contributed by atoms with E-state index in [0.29, 0.717) is 35.2 Å². The molecule has 0 spiro atoms. The van der Waals surface area contributed by atoms with Gasteiger partial charge in [0.2, 0.25) is 0 Å². The van der Waals surface area contributed by atoms with Crippen LogP contribution >= 0.6 is 11.6 Å².